The van der Waals surface area contributed by atoms with Gasteiger partial charge in [0, 0.05) is 37.0 Å². The van der Waals surface area contributed by atoms with Gasteiger partial charge < -0.3 is 25.0 Å². The number of benzene rings is 1. The molecule has 2 aromatic rings. The number of carbonyl (C=O) groups is 2. The lowest BCUT2D eigenvalue weighted by atomic mass is 10.2. The van der Waals surface area contributed by atoms with Crippen LogP contribution in [-0.2, 0) is 4.74 Å². The summed E-state index contributed by atoms with van der Waals surface area (Å²) < 4.78 is 24.3. The molecule has 0 saturated carbocycles. The lowest BCUT2D eigenvalue weighted by Gasteiger charge is -2.16. The number of carbonyl (C=O) groups excluding carboxylic acids is 2. The molecule has 1 aliphatic rings. The van der Waals surface area contributed by atoms with Crippen LogP contribution in [0.5, 0.6) is 5.75 Å². The predicted molar refractivity (Wildman–Crippen MR) is 96.3 cm³/mol. The van der Waals surface area contributed by atoms with Crippen molar-refractivity contribution in [2.45, 2.75) is 12.5 Å². The summed E-state index contributed by atoms with van der Waals surface area (Å²) in [4.78, 5) is 29.0. The highest BCUT2D eigenvalue weighted by atomic mass is 19.1. The van der Waals surface area contributed by atoms with Crippen molar-refractivity contribution in [2.24, 2.45) is 0 Å². The number of methoxy groups -OCH3 is 1. The number of hydrogen-bond acceptors (Lipinski definition) is 5. The minimum absolute atomic E-state index is 0.245. The monoisotopic (exact) mass is 374 g/mol. The third-order valence-electron chi connectivity index (χ3n) is 3.93. The number of nitrogens with one attached hydrogen (secondary N) is 2. The molecular weight excluding hydrogens is 355 g/mol. The van der Waals surface area contributed by atoms with E-state index in [0.29, 0.717) is 25.2 Å². The SMILES string of the molecule is COC(=O)N1CC[C@@H](Oc2cc(F)cc(NC(=O)Nc3cccnc3)c2)C1. The number of hydrogen-bond donors (Lipinski definition) is 2. The maximum absolute atomic E-state index is 13.9. The van der Waals surface area contributed by atoms with E-state index < -0.39 is 17.9 Å². The Morgan fingerprint density at radius 3 is 2.81 bits per heavy atom. The van der Waals surface area contributed by atoms with Crippen molar-refractivity contribution >= 4 is 23.5 Å². The molecule has 0 radical (unpaired) electrons. The van der Waals surface area contributed by atoms with Gasteiger partial charge in [0.25, 0.3) is 0 Å². The van der Waals surface area contributed by atoms with E-state index in [1.165, 1.54) is 36.4 Å². The van der Waals surface area contributed by atoms with Crippen LogP contribution in [0.2, 0.25) is 0 Å². The summed E-state index contributed by atoms with van der Waals surface area (Å²) in [5.74, 6) is -0.282. The summed E-state index contributed by atoms with van der Waals surface area (Å²) in [6.45, 7) is 0.860. The molecule has 1 aliphatic heterocycles. The summed E-state index contributed by atoms with van der Waals surface area (Å²) >= 11 is 0. The van der Waals surface area contributed by atoms with Gasteiger partial charge in [-0.1, -0.05) is 0 Å². The first kappa shape index (κ1) is 18.4. The van der Waals surface area contributed by atoms with Gasteiger partial charge in [0.1, 0.15) is 17.7 Å². The van der Waals surface area contributed by atoms with Crippen molar-refractivity contribution in [2.75, 3.05) is 30.8 Å². The zero-order chi connectivity index (χ0) is 19.2. The lowest BCUT2D eigenvalue weighted by molar-refractivity contribution is 0.125. The second-order valence-corrected chi connectivity index (χ2v) is 5.94. The van der Waals surface area contributed by atoms with Gasteiger partial charge in [-0.3, -0.25) is 4.98 Å². The molecule has 9 heteroatoms. The Morgan fingerprint density at radius 1 is 1.26 bits per heavy atom. The Kier molecular flexibility index (Phi) is 5.70. The van der Waals surface area contributed by atoms with Gasteiger partial charge in [-0.25, -0.2) is 14.0 Å². The molecule has 3 amide bonds. The van der Waals surface area contributed by atoms with Gasteiger partial charge in [0.2, 0.25) is 0 Å². The highest BCUT2D eigenvalue weighted by molar-refractivity contribution is 5.99. The van der Waals surface area contributed by atoms with Gasteiger partial charge in [-0.05, 0) is 18.2 Å². The average molecular weight is 374 g/mol. The van der Waals surface area contributed by atoms with Crippen LogP contribution in [0.1, 0.15) is 6.42 Å². The van der Waals surface area contributed by atoms with Crippen molar-refractivity contribution in [3.05, 3.63) is 48.5 Å². The molecule has 1 aromatic heterocycles. The summed E-state index contributed by atoms with van der Waals surface area (Å²) in [5, 5.41) is 5.14. The number of likely N-dealkylation sites (tertiary alicyclic amines) is 1. The lowest BCUT2D eigenvalue weighted by Crippen LogP contribution is -2.30. The highest BCUT2D eigenvalue weighted by Gasteiger charge is 2.28. The third-order valence-corrected chi connectivity index (χ3v) is 3.93. The van der Waals surface area contributed by atoms with Gasteiger partial charge in [0.15, 0.2) is 0 Å². The summed E-state index contributed by atoms with van der Waals surface area (Å²) in [6, 6.07) is 6.77. The molecule has 27 heavy (non-hydrogen) atoms. The molecule has 1 fully saturated rings. The molecule has 0 aliphatic carbocycles. The summed E-state index contributed by atoms with van der Waals surface area (Å²) in [6.07, 6.45) is 2.99. The first-order valence-electron chi connectivity index (χ1n) is 8.31. The second-order valence-electron chi connectivity index (χ2n) is 5.94. The minimum Gasteiger partial charge on any atom is -0.488 e. The maximum atomic E-state index is 13.9. The molecule has 0 spiro atoms. The topological polar surface area (TPSA) is 92.8 Å². The molecule has 1 atom stereocenters. The number of urea groups is 1. The smallest absolute Gasteiger partial charge is 0.409 e. The Hall–Kier alpha value is -3.36. The molecule has 2 heterocycles. The van der Waals surface area contributed by atoms with Crippen molar-refractivity contribution < 1.29 is 23.5 Å². The predicted octanol–water partition coefficient (Wildman–Crippen LogP) is 3.08. The second kappa shape index (κ2) is 8.35. The van der Waals surface area contributed by atoms with E-state index in [0.717, 1.165) is 0 Å². The molecular formula is C18H19FN4O4. The van der Waals surface area contributed by atoms with Crippen LogP contribution in [0.3, 0.4) is 0 Å². The standard InChI is InChI=1S/C18H19FN4O4/c1-26-18(25)23-6-4-15(11-23)27-16-8-12(19)7-14(9-16)22-17(24)21-13-3-2-5-20-10-13/h2-3,5,7-10,15H,4,6,11H2,1H3,(H2,21,22,24)/t15-/m1/s1. The van der Waals surface area contributed by atoms with Crippen molar-refractivity contribution in [3.63, 3.8) is 0 Å². The summed E-state index contributed by atoms with van der Waals surface area (Å²) in [7, 11) is 1.32. The molecule has 8 nitrogen and oxygen atoms in total. The normalized spacial score (nSPS) is 15.9. The van der Waals surface area contributed by atoms with Crippen molar-refractivity contribution in [3.8, 4) is 5.75 Å². The van der Waals surface area contributed by atoms with Crippen LogP contribution in [0.4, 0.5) is 25.4 Å². The largest absolute Gasteiger partial charge is 0.488 e. The van der Waals surface area contributed by atoms with Crippen molar-refractivity contribution in [1.29, 1.82) is 0 Å². The number of rotatable bonds is 4. The van der Waals surface area contributed by atoms with Crippen LogP contribution in [0.15, 0.2) is 42.7 Å². The van der Waals surface area contributed by atoms with Crippen LogP contribution in [-0.4, -0.2) is 48.3 Å². The Bertz CT molecular complexity index is 818. The molecule has 0 unspecified atom stereocenters. The van der Waals surface area contributed by atoms with E-state index in [1.54, 1.807) is 18.3 Å². The molecule has 1 saturated heterocycles. The fraction of sp³-hybridized carbons (Fsp3) is 0.278. The van der Waals surface area contributed by atoms with Crippen LogP contribution in [0, 0.1) is 5.82 Å². The van der Waals surface area contributed by atoms with Crippen LogP contribution >= 0.6 is 0 Å². The summed E-state index contributed by atoms with van der Waals surface area (Å²) in [5.41, 5.74) is 0.756. The number of amides is 3. The minimum atomic E-state index is -0.549. The van der Waals surface area contributed by atoms with E-state index in [-0.39, 0.29) is 17.5 Å². The molecule has 1 aromatic carbocycles. The Balaban J connectivity index is 1.61. The number of nitrogens with zero attached hydrogens (tertiary/aromatic N) is 2. The molecule has 142 valence electrons. The first-order valence-corrected chi connectivity index (χ1v) is 8.31. The quantitative estimate of drug-likeness (QED) is 0.858. The zero-order valence-corrected chi connectivity index (χ0v) is 14.6. The average Bonchev–Trinajstić information content (AvgIpc) is 3.09. The molecule has 0 bridgehead atoms. The first-order chi connectivity index (χ1) is 13.0. The highest BCUT2D eigenvalue weighted by Crippen LogP contribution is 2.24. The van der Waals surface area contributed by atoms with E-state index in [4.69, 9.17) is 4.74 Å². The van der Waals surface area contributed by atoms with E-state index in [2.05, 4.69) is 20.4 Å². The zero-order valence-electron chi connectivity index (χ0n) is 14.6. The molecule has 2 N–H and O–H groups in total. The van der Waals surface area contributed by atoms with Gasteiger partial charge in [-0.2, -0.15) is 0 Å². The number of aromatic nitrogens is 1. The van der Waals surface area contributed by atoms with E-state index in [1.807, 2.05) is 0 Å². The van der Waals surface area contributed by atoms with Gasteiger partial charge in [0.05, 0.1) is 25.5 Å². The van der Waals surface area contributed by atoms with Gasteiger partial charge in [-0.15, -0.1) is 0 Å². The number of ether oxygens (including phenoxy) is 2. The number of anilines is 2. The Morgan fingerprint density at radius 2 is 2.07 bits per heavy atom. The van der Waals surface area contributed by atoms with E-state index >= 15 is 0 Å². The molecule has 3 rings (SSSR count). The van der Waals surface area contributed by atoms with Crippen LogP contribution in [0.25, 0.3) is 0 Å². The van der Waals surface area contributed by atoms with Crippen molar-refractivity contribution in [1.82, 2.24) is 9.88 Å². The fourth-order valence-electron chi connectivity index (χ4n) is 2.74. The Labute approximate surface area is 155 Å². The van der Waals surface area contributed by atoms with Crippen LogP contribution < -0.4 is 15.4 Å². The van der Waals surface area contributed by atoms with Gasteiger partial charge >= 0.3 is 12.1 Å². The number of halogens is 1. The third kappa shape index (κ3) is 5.06. The fourth-order valence-corrected chi connectivity index (χ4v) is 2.74. The maximum Gasteiger partial charge on any atom is 0.409 e. The van der Waals surface area contributed by atoms with E-state index in [9.17, 15) is 14.0 Å². The number of pyridine rings is 1.